The molecule has 0 radical (unpaired) electrons. The van der Waals surface area contributed by atoms with Crippen molar-refractivity contribution in [3.05, 3.63) is 52.4 Å². The molecule has 3 aromatic rings. The molecule has 5 heteroatoms. The van der Waals surface area contributed by atoms with Gasteiger partial charge in [-0.2, -0.15) is 0 Å². The second kappa shape index (κ2) is 4.56. The van der Waals surface area contributed by atoms with E-state index >= 15 is 0 Å². The summed E-state index contributed by atoms with van der Waals surface area (Å²) in [6.45, 7) is 0.494. The molecule has 1 aromatic carbocycles. The fourth-order valence-corrected chi connectivity index (χ4v) is 2.75. The summed E-state index contributed by atoms with van der Waals surface area (Å²) in [6.07, 6.45) is 5.65. The molecular weight excluding hydrogens is 264 g/mol. The van der Waals surface area contributed by atoms with Crippen molar-refractivity contribution in [2.75, 3.05) is 0 Å². The van der Waals surface area contributed by atoms with Gasteiger partial charge in [-0.25, -0.2) is 4.98 Å². The van der Waals surface area contributed by atoms with Gasteiger partial charge in [0.05, 0.1) is 16.6 Å². The van der Waals surface area contributed by atoms with E-state index in [0.29, 0.717) is 18.2 Å². The van der Waals surface area contributed by atoms with E-state index in [9.17, 15) is 4.79 Å². The molecule has 2 aromatic heterocycles. The van der Waals surface area contributed by atoms with Gasteiger partial charge in [-0.3, -0.25) is 4.79 Å². The molecule has 106 valence electrons. The molecule has 0 bridgehead atoms. The summed E-state index contributed by atoms with van der Waals surface area (Å²) in [7, 11) is 0. The molecule has 1 saturated carbocycles. The largest absolute Gasteiger partial charge is 0.367 e. The molecular formula is C16H16N4O. The molecule has 0 aliphatic heterocycles. The molecule has 2 heterocycles. The fraction of sp³-hybridized carbons (Fsp3) is 0.250. The summed E-state index contributed by atoms with van der Waals surface area (Å²) in [5, 5.41) is 0. The molecule has 0 spiro atoms. The van der Waals surface area contributed by atoms with Crippen LogP contribution in [0.2, 0.25) is 0 Å². The van der Waals surface area contributed by atoms with E-state index in [-0.39, 0.29) is 5.43 Å². The average molecular weight is 280 g/mol. The molecule has 1 aliphatic carbocycles. The van der Waals surface area contributed by atoms with Gasteiger partial charge in [0.2, 0.25) is 0 Å². The Morgan fingerprint density at radius 2 is 2.19 bits per heavy atom. The maximum atomic E-state index is 12.1. The van der Waals surface area contributed by atoms with Gasteiger partial charge in [-0.05, 0) is 30.5 Å². The minimum atomic E-state index is -0.00926. The zero-order valence-electron chi connectivity index (χ0n) is 11.5. The predicted molar refractivity (Wildman–Crippen MR) is 82.0 cm³/mol. The summed E-state index contributed by atoms with van der Waals surface area (Å²) in [5.41, 5.74) is 9.35. The van der Waals surface area contributed by atoms with E-state index in [0.717, 1.165) is 35.3 Å². The van der Waals surface area contributed by atoms with Crippen LogP contribution in [0.4, 0.5) is 0 Å². The summed E-state index contributed by atoms with van der Waals surface area (Å²) >= 11 is 0. The van der Waals surface area contributed by atoms with Crippen molar-refractivity contribution in [2.24, 2.45) is 5.73 Å². The third-order valence-corrected chi connectivity index (χ3v) is 3.97. The van der Waals surface area contributed by atoms with E-state index in [1.54, 1.807) is 12.4 Å². The number of hydrogen-bond donors (Lipinski definition) is 2. The number of fused-ring (bicyclic) bond motifs is 1. The van der Waals surface area contributed by atoms with Crippen LogP contribution in [0.5, 0.6) is 0 Å². The highest BCUT2D eigenvalue weighted by atomic mass is 16.1. The Balaban J connectivity index is 2.02. The number of benzene rings is 1. The predicted octanol–water partition coefficient (Wildman–Crippen LogP) is 2.19. The smallest absolute Gasteiger partial charge is 0.192 e. The maximum Gasteiger partial charge on any atom is 0.192 e. The quantitative estimate of drug-likeness (QED) is 0.772. The number of imidazole rings is 1. The molecule has 3 N–H and O–H groups in total. The lowest BCUT2D eigenvalue weighted by Crippen LogP contribution is -2.07. The Kier molecular flexibility index (Phi) is 2.68. The molecule has 1 fully saturated rings. The van der Waals surface area contributed by atoms with Crippen molar-refractivity contribution in [2.45, 2.75) is 25.4 Å². The number of rotatable bonds is 3. The van der Waals surface area contributed by atoms with Gasteiger partial charge in [0.15, 0.2) is 5.43 Å². The van der Waals surface area contributed by atoms with Crippen LogP contribution in [0.1, 0.15) is 24.4 Å². The van der Waals surface area contributed by atoms with Crippen molar-refractivity contribution < 1.29 is 0 Å². The van der Waals surface area contributed by atoms with Crippen molar-refractivity contribution in [1.82, 2.24) is 14.5 Å². The highest BCUT2D eigenvalue weighted by Crippen LogP contribution is 2.40. The van der Waals surface area contributed by atoms with Crippen molar-refractivity contribution in [1.29, 1.82) is 0 Å². The molecule has 21 heavy (non-hydrogen) atoms. The highest BCUT2D eigenvalue weighted by Gasteiger charge is 2.29. The van der Waals surface area contributed by atoms with Gasteiger partial charge < -0.3 is 15.3 Å². The van der Waals surface area contributed by atoms with Crippen LogP contribution in [0.25, 0.3) is 22.4 Å². The van der Waals surface area contributed by atoms with Gasteiger partial charge in [0.25, 0.3) is 0 Å². The summed E-state index contributed by atoms with van der Waals surface area (Å²) in [4.78, 5) is 19.8. The van der Waals surface area contributed by atoms with Gasteiger partial charge in [0.1, 0.15) is 5.82 Å². The monoisotopic (exact) mass is 280 g/mol. The van der Waals surface area contributed by atoms with Gasteiger partial charge in [-0.15, -0.1) is 0 Å². The summed E-state index contributed by atoms with van der Waals surface area (Å²) in [6, 6.07) is 8.09. The van der Waals surface area contributed by atoms with Crippen LogP contribution in [0.15, 0.2) is 41.5 Å². The Morgan fingerprint density at radius 1 is 1.33 bits per heavy atom. The molecule has 0 saturated heterocycles. The lowest BCUT2D eigenvalue weighted by molar-refractivity contribution is 0.774. The van der Waals surface area contributed by atoms with Crippen molar-refractivity contribution in [3.63, 3.8) is 0 Å². The third kappa shape index (κ3) is 1.97. The molecule has 4 rings (SSSR count). The van der Waals surface area contributed by atoms with E-state index in [2.05, 4.69) is 15.6 Å². The number of H-pyrrole nitrogens is 1. The van der Waals surface area contributed by atoms with Crippen molar-refractivity contribution in [3.8, 4) is 11.4 Å². The van der Waals surface area contributed by atoms with Crippen LogP contribution >= 0.6 is 0 Å². The van der Waals surface area contributed by atoms with Crippen LogP contribution in [-0.4, -0.2) is 14.5 Å². The second-order valence-electron chi connectivity index (χ2n) is 5.49. The molecule has 1 aliphatic rings. The van der Waals surface area contributed by atoms with E-state index in [4.69, 9.17) is 10.7 Å². The van der Waals surface area contributed by atoms with Crippen LogP contribution in [0, 0.1) is 0 Å². The molecule has 0 atom stereocenters. The number of aromatic amines is 1. The number of pyridine rings is 1. The van der Waals surface area contributed by atoms with Crippen molar-refractivity contribution >= 4 is 11.0 Å². The first-order valence-corrected chi connectivity index (χ1v) is 7.16. The fourth-order valence-electron chi connectivity index (χ4n) is 2.75. The third-order valence-electron chi connectivity index (χ3n) is 3.97. The number of nitrogens with zero attached hydrogens (tertiary/aromatic N) is 2. The average Bonchev–Trinajstić information content (AvgIpc) is 3.27. The summed E-state index contributed by atoms with van der Waals surface area (Å²) < 4.78 is 2.19. The minimum absolute atomic E-state index is 0.00926. The van der Waals surface area contributed by atoms with Gasteiger partial charge in [-0.1, -0.05) is 6.07 Å². The Morgan fingerprint density at radius 3 is 2.90 bits per heavy atom. The number of nitrogens with one attached hydrogen (secondary N) is 1. The minimum Gasteiger partial charge on any atom is -0.367 e. The number of aromatic nitrogens is 3. The van der Waals surface area contributed by atoms with Crippen LogP contribution in [-0.2, 0) is 6.54 Å². The highest BCUT2D eigenvalue weighted by molar-refractivity contribution is 5.81. The van der Waals surface area contributed by atoms with Gasteiger partial charge in [0, 0.05) is 31.0 Å². The maximum absolute atomic E-state index is 12.1. The lowest BCUT2D eigenvalue weighted by atomic mass is 10.2. The standard InChI is InChI=1S/C16H16N4O/c17-8-10-1-4-14-13(7-10)19-16(20(14)11-2-3-11)12-9-18-6-5-15(12)21/h1,4-7,9,11H,2-3,8,17H2,(H,18,21). The Bertz CT molecular complexity index is 873. The zero-order chi connectivity index (χ0) is 14.4. The first-order valence-electron chi connectivity index (χ1n) is 7.16. The Hall–Kier alpha value is -2.40. The first-order chi connectivity index (χ1) is 10.3. The van der Waals surface area contributed by atoms with E-state index in [1.165, 1.54) is 6.07 Å². The van der Waals surface area contributed by atoms with Crippen LogP contribution in [0.3, 0.4) is 0 Å². The second-order valence-corrected chi connectivity index (χ2v) is 5.49. The topological polar surface area (TPSA) is 76.7 Å². The molecule has 0 unspecified atom stereocenters. The van der Waals surface area contributed by atoms with E-state index < -0.39 is 0 Å². The summed E-state index contributed by atoms with van der Waals surface area (Å²) in [5.74, 6) is 0.753. The van der Waals surface area contributed by atoms with Crippen LogP contribution < -0.4 is 11.2 Å². The lowest BCUT2D eigenvalue weighted by Gasteiger charge is -2.07. The Labute approximate surface area is 121 Å². The molecule has 0 amide bonds. The normalized spacial score (nSPS) is 14.7. The number of hydrogen-bond acceptors (Lipinski definition) is 3. The van der Waals surface area contributed by atoms with E-state index in [1.807, 2.05) is 12.1 Å². The SMILES string of the molecule is NCc1ccc2c(c1)nc(-c1c[nH]ccc1=O)n2C1CC1. The first kappa shape index (κ1) is 12.3. The number of nitrogens with two attached hydrogens (primary N) is 1. The molecule has 5 nitrogen and oxygen atoms in total. The zero-order valence-corrected chi connectivity index (χ0v) is 11.5. The van der Waals surface area contributed by atoms with Gasteiger partial charge >= 0.3 is 0 Å².